The van der Waals surface area contributed by atoms with E-state index in [2.05, 4.69) is 62.1 Å². The second kappa shape index (κ2) is 5.35. The molecule has 1 N–H and O–H groups in total. The molecule has 0 saturated heterocycles. The van der Waals surface area contributed by atoms with Crippen molar-refractivity contribution in [2.45, 2.75) is 17.8 Å². The molecule has 0 aliphatic heterocycles. The molecular weight excluding hydrogens is 322 g/mol. The molecule has 0 radical (unpaired) electrons. The predicted molar refractivity (Wildman–Crippen MR) is 82.3 cm³/mol. The number of fused-ring (bicyclic) bond motifs is 1. The molecule has 2 heterocycles. The third kappa shape index (κ3) is 2.98. The van der Waals surface area contributed by atoms with Gasteiger partial charge < -0.3 is 4.98 Å². The van der Waals surface area contributed by atoms with E-state index in [1.165, 1.54) is 11.1 Å². The average Bonchev–Trinajstić information content (AvgIpc) is 2.78. The topological polar surface area (TPSA) is 41.6 Å². The van der Waals surface area contributed by atoms with E-state index in [0.29, 0.717) is 0 Å². The molecule has 1 aromatic carbocycles. The number of thioether (sulfide) groups is 1. The number of pyridine rings is 1. The first-order chi connectivity index (χ1) is 9.20. The monoisotopic (exact) mass is 333 g/mol. The van der Waals surface area contributed by atoms with Crippen molar-refractivity contribution < 1.29 is 0 Å². The van der Waals surface area contributed by atoms with Gasteiger partial charge in [-0.3, -0.25) is 0 Å². The summed E-state index contributed by atoms with van der Waals surface area (Å²) in [4.78, 5) is 12.0. The lowest BCUT2D eigenvalue weighted by molar-refractivity contribution is 1.07. The third-order valence-corrected chi connectivity index (χ3v) is 4.12. The lowest BCUT2D eigenvalue weighted by Crippen LogP contribution is -1.83. The molecule has 0 aliphatic carbocycles. The number of nitrogens with zero attached hydrogens (tertiary/aromatic N) is 2. The molecule has 0 amide bonds. The SMILES string of the molecule is Cc1cccc(CSc2nc3ncc(Br)cc3[nH]2)c1. The molecule has 96 valence electrons. The molecular formula is C14H12BrN3S. The number of hydrogen-bond acceptors (Lipinski definition) is 3. The fourth-order valence-corrected chi connectivity index (χ4v) is 3.02. The van der Waals surface area contributed by atoms with Gasteiger partial charge in [-0.05, 0) is 34.5 Å². The molecule has 5 heteroatoms. The minimum absolute atomic E-state index is 0.759. The van der Waals surface area contributed by atoms with E-state index in [1.54, 1.807) is 18.0 Å². The number of nitrogens with one attached hydrogen (secondary N) is 1. The van der Waals surface area contributed by atoms with Gasteiger partial charge in [0, 0.05) is 16.4 Å². The molecule has 0 fully saturated rings. The largest absolute Gasteiger partial charge is 0.331 e. The first-order valence-electron chi connectivity index (χ1n) is 5.90. The third-order valence-electron chi connectivity index (χ3n) is 2.74. The number of aromatic nitrogens is 3. The van der Waals surface area contributed by atoms with Gasteiger partial charge in [0.2, 0.25) is 0 Å². The first-order valence-corrected chi connectivity index (χ1v) is 7.68. The van der Waals surface area contributed by atoms with Crippen LogP contribution in [-0.2, 0) is 5.75 Å². The van der Waals surface area contributed by atoms with Crippen LogP contribution >= 0.6 is 27.7 Å². The molecule has 0 aliphatic rings. The highest BCUT2D eigenvalue weighted by molar-refractivity contribution is 9.10. The second-order valence-electron chi connectivity index (χ2n) is 4.34. The highest BCUT2D eigenvalue weighted by atomic mass is 79.9. The molecule has 3 aromatic rings. The smallest absolute Gasteiger partial charge is 0.178 e. The summed E-state index contributed by atoms with van der Waals surface area (Å²) in [5.74, 6) is 0.905. The van der Waals surface area contributed by atoms with Crippen LogP contribution < -0.4 is 0 Å². The Morgan fingerprint density at radius 3 is 3.05 bits per heavy atom. The molecule has 0 bridgehead atoms. The Morgan fingerprint density at radius 2 is 2.21 bits per heavy atom. The van der Waals surface area contributed by atoms with Gasteiger partial charge in [0.25, 0.3) is 0 Å². The first kappa shape index (κ1) is 12.7. The summed E-state index contributed by atoms with van der Waals surface area (Å²) in [5.41, 5.74) is 4.31. The van der Waals surface area contributed by atoms with Gasteiger partial charge in [-0.25, -0.2) is 9.97 Å². The van der Waals surface area contributed by atoms with E-state index in [-0.39, 0.29) is 0 Å². The van der Waals surface area contributed by atoms with Crippen LogP contribution in [0.25, 0.3) is 11.2 Å². The summed E-state index contributed by atoms with van der Waals surface area (Å²) >= 11 is 5.10. The Bertz CT molecular complexity index is 724. The molecule has 0 spiro atoms. The van der Waals surface area contributed by atoms with E-state index in [9.17, 15) is 0 Å². The number of benzene rings is 1. The Kier molecular flexibility index (Phi) is 3.57. The van der Waals surface area contributed by atoms with Crippen molar-refractivity contribution in [2.24, 2.45) is 0 Å². The predicted octanol–water partition coefficient (Wildman–Crippen LogP) is 4.32. The van der Waals surface area contributed by atoms with Crippen LogP contribution in [0.1, 0.15) is 11.1 Å². The van der Waals surface area contributed by atoms with Crippen LogP contribution in [0.5, 0.6) is 0 Å². The van der Waals surface area contributed by atoms with Crippen LogP contribution in [0.15, 0.2) is 46.2 Å². The van der Waals surface area contributed by atoms with Gasteiger partial charge in [-0.1, -0.05) is 41.6 Å². The summed E-state index contributed by atoms with van der Waals surface area (Å²) in [6.07, 6.45) is 1.76. The number of H-pyrrole nitrogens is 1. The number of rotatable bonds is 3. The van der Waals surface area contributed by atoms with Crippen LogP contribution in [0.2, 0.25) is 0 Å². The Morgan fingerprint density at radius 1 is 1.32 bits per heavy atom. The summed E-state index contributed by atoms with van der Waals surface area (Å²) in [7, 11) is 0. The van der Waals surface area contributed by atoms with Crippen LogP contribution in [0.4, 0.5) is 0 Å². The zero-order valence-electron chi connectivity index (χ0n) is 10.4. The molecule has 0 saturated carbocycles. The summed E-state index contributed by atoms with van der Waals surface area (Å²) in [6.45, 7) is 2.11. The minimum Gasteiger partial charge on any atom is -0.331 e. The maximum atomic E-state index is 4.47. The highest BCUT2D eigenvalue weighted by Crippen LogP contribution is 2.23. The lowest BCUT2D eigenvalue weighted by Gasteiger charge is -2.00. The quantitative estimate of drug-likeness (QED) is 0.725. The number of aryl methyl sites for hydroxylation is 1. The zero-order chi connectivity index (χ0) is 13.2. The second-order valence-corrected chi connectivity index (χ2v) is 6.22. The van der Waals surface area contributed by atoms with Crippen LogP contribution in [0.3, 0.4) is 0 Å². The van der Waals surface area contributed by atoms with Crippen molar-refractivity contribution in [2.75, 3.05) is 0 Å². The number of aromatic amines is 1. The molecule has 0 unspecified atom stereocenters. The van der Waals surface area contributed by atoms with Crippen LogP contribution in [-0.4, -0.2) is 15.0 Å². The Balaban J connectivity index is 1.78. The van der Waals surface area contributed by atoms with Crippen LogP contribution in [0, 0.1) is 6.92 Å². The molecule has 3 nitrogen and oxygen atoms in total. The van der Waals surface area contributed by atoms with E-state index in [4.69, 9.17) is 0 Å². The molecule has 19 heavy (non-hydrogen) atoms. The number of imidazole rings is 1. The van der Waals surface area contributed by atoms with Gasteiger partial charge in [0.15, 0.2) is 10.8 Å². The number of halogens is 1. The van der Waals surface area contributed by atoms with Crippen molar-refractivity contribution in [1.82, 2.24) is 15.0 Å². The zero-order valence-corrected chi connectivity index (χ0v) is 12.8. The fraction of sp³-hybridized carbons (Fsp3) is 0.143. The van der Waals surface area contributed by atoms with E-state index in [0.717, 1.165) is 26.5 Å². The Hall–Kier alpha value is -1.33. The summed E-state index contributed by atoms with van der Waals surface area (Å²) < 4.78 is 0.957. The van der Waals surface area contributed by atoms with E-state index < -0.39 is 0 Å². The lowest BCUT2D eigenvalue weighted by atomic mass is 10.2. The Labute approximate surface area is 124 Å². The molecule has 0 atom stereocenters. The van der Waals surface area contributed by atoms with E-state index in [1.807, 2.05) is 6.07 Å². The maximum Gasteiger partial charge on any atom is 0.178 e. The number of hydrogen-bond donors (Lipinski definition) is 1. The van der Waals surface area contributed by atoms with Crippen molar-refractivity contribution in [3.63, 3.8) is 0 Å². The maximum absolute atomic E-state index is 4.47. The molecule has 2 aromatic heterocycles. The highest BCUT2D eigenvalue weighted by Gasteiger charge is 2.05. The summed E-state index contributed by atoms with van der Waals surface area (Å²) in [5, 5.41) is 0.905. The summed E-state index contributed by atoms with van der Waals surface area (Å²) in [6, 6.07) is 10.5. The van der Waals surface area contributed by atoms with Gasteiger partial charge in [0.1, 0.15) is 0 Å². The van der Waals surface area contributed by atoms with Gasteiger partial charge >= 0.3 is 0 Å². The normalized spacial score (nSPS) is 11.1. The van der Waals surface area contributed by atoms with Gasteiger partial charge in [-0.2, -0.15) is 0 Å². The van der Waals surface area contributed by atoms with Crippen molar-refractivity contribution in [1.29, 1.82) is 0 Å². The average molecular weight is 334 g/mol. The fourth-order valence-electron chi connectivity index (χ4n) is 1.87. The van der Waals surface area contributed by atoms with Crippen molar-refractivity contribution >= 4 is 38.9 Å². The van der Waals surface area contributed by atoms with Gasteiger partial charge in [0.05, 0.1) is 5.52 Å². The standard InChI is InChI=1S/C14H12BrN3S/c1-9-3-2-4-10(5-9)8-19-14-17-12-6-11(15)7-16-13(12)18-14/h2-7H,8H2,1H3,(H,16,17,18). The van der Waals surface area contributed by atoms with Crippen molar-refractivity contribution in [3.05, 3.63) is 52.1 Å². The minimum atomic E-state index is 0.759. The van der Waals surface area contributed by atoms with E-state index >= 15 is 0 Å². The van der Waals surface area contributed by atoms with Crippen molar-refractivity contribution in [3.8, 4) is 0 Å². The molecule has 3 rings (SSSR count). The van der Waals surface area contributed by atoms with Gasteiger partial charge in [-0.15, -0.1) is 0 Å².